The highest BCUT2D eigenvalue weighted by Gasteiger charge is 2.44. The van der Waals surface area contributed by atoms with E-state index in [2.05, 4.69) is 0 Å². The highest BCUT2D eigenvalue weighted by Crippen LogP contribution is 2.53. The molecule has 0 heterocycles. The van der Waals surface area contributed by atoms with E-state index in [0.717, 1.165) is 22.4 Å². The monoisotopic (exact) mass is 434 g/mol. The summed E-state index contributed by atoms with van der Waals surface area (Å²) in [6, 6.07) is 16.9. The summed E-state index contributed by atoms with van der Waals surface area (Å²) < 4.78 is 27.5. The second-order valence-electron chi connectivity index (χ2n) is 7.53. The highest BCUT2D eigenvalue weighted by atomic mass is 16.5. The number of ketones is 1. The van der Waals surface area contributed by atoms with Crippen molar-refractivity contribution in [2.45, 2.75) is 11.8 Å². The molecule has 0 fully saturated rings. The number of methoxy groups -OCH3 is 5. The van der Waals surface area contributed by atoms with E-state index < -0.39 is 5.92 Å². The number of hydrogen-bond donors (Lipinski definition) is 0. The van der Waals surface area contributed by atoms with Gasteiger partial charge in [0.2, 0.25) is 0 Å². The summed E-state index contributed by atoms with van der Waals surface area (Å²) >= 11 is 0. The second kappa shape index (κ2) is 8.83. The smallest absolute Gasteiger partial charge is 0.171 e. The average Bonchev–Trinajstić information content (AvgIpc) is 3.15. The summed E-state index contributed by atoms with van der Waals surface area (Å²) in [5.74, 6) is 2.48. The van der Waals surface area contributed by atoms with Gasteiger partial charge < -0.3 is 23.7 Å². The van der Waals surface area contributed by atoms with Crippen molar-refractivity contribution in [2.75, 3.05) is 35.5 Å². The zero-order valence-electron chi connectivity index (χ0n) is 18.8. The molecule has 1 aliphatic carbocycles. The number of ether oxygens (including phenoxy) is 5. The molecule has 4 rings (SSSR count). The molecule has 0 saturated heterocycles. The number of hydrogen-bond acceptors (Lipinski definition) is 6. The fourth-order valence-corrected chi connectivity index (χ4v) is 4.42. The zero-order chi connectivity index (χ0) is 22.8. The van der Waals surface area contributed by atoms with Gasteiger partial charge in [0.1, 0.15) is 28.7 Å². The Morgan fingerprint density at radius 1 is 0.562 bits per heavy atom. The van der Waals surface area contributed by atoms with E-state index >= 15 is 0 Å². The Morgan fingerprint density at radius 3 is 1.66 bits per heavy atom. The van der Waals surface area contributed by atoms with Crippen LogP contribution in [0.1, 0.15) is 38.9 Å². The van der Waals surface area contributed by atoms with Gasteiger partial charge in [-0.3, -0.25) is 4.79 Å². The lowest BCUT2D eigenvalue weighted by molar-refractivity contribution is 0.0968. The Morgan fingerprint density at radius 2 is 1.12 bits per heavy atom. The van der Waals surface area contributed by atoms with Gasteiger partial charge in [-0.15, -0.1) is 0 Å². The first-order valence-corrected chi connectivity index (χ1v) is 10.2. The highest BCUT2D eigenvalue weighted by molar-refractivity contribution is 6.08. The van der Waals surface area contributed by atoms with Gasteiger partial charge in [0, 0.05) is 29.2 Å². The van der Waals surface area contributed by atoms with Gasteiger partial charge in [0.25, 0.3) is 0 Å². The maximum Gasteiger partial charge on any atom is 0.171 e. The summed E-state index contributed by atoms with van der Waals surface area (Å²) in [6.45, 7) is 0. The van der Waals surface area contributed by atoms with Crippen LogP contribution >= 0.6 is 0 Å². The SMILES string of the molecule is COc1ccc([C@@H]2C(=O)c3cc(OC)cc(OC)c3[C@H]2c2cc(OC)cc(OC)c2)cc1. The third-order valence-electron chi connectivity index (χ3n) is 5.97. The Balaban J connectivity index is 1.97. The lowest BCUT2D eigenvalue weighted by atomic mass is 9.81. The molecule has 32 heavy (non-hydrogen) atoms. The van der Waals surface area contributed by atoms with Crippen molar-refractivity contribution >= 4 is 5.78 Å². The van der Waals surface area contributed by atoms with Crippen LogP contribution in [0.25, 0.3) is 0 Å². The molecule has 0 bridgehead atoms. The van der Waals surface area contributed by atoms with Gasteiger partial charge in [0.15, 0.2) is 5.78 Å². The number of carbonyl (C=O) groups is 1. The summed E-state index contributed by atoms with van der Waals surface area (Å²) in [7, 11) is 8.01. The molecular weight excluding hydrogens is 408 g/mol. The minimum atomic E-state index is -0.450. The Labute approximate surface area is 187 Å². The van der Waals surface area contributed by atoms with Gasteiger partial charge in [-0.25, -0.2) is 0 Å². The maximum atomic E-state index is 13.8. The number of Topliss-reactive ketones (excluding diaryl/α,β-unsaturated/α-hetero) is 1. The number of fused-ring (bicyclic) bond motifs is 1. The first-order chi connectivity index (χ1) is 15.5. The molecule has 0 aliphatic heterocycles. The van der Waals surface area contributed by atoms with E-state index in [-0.39, 0.29) is 11.7 Å². The number of benzene rings is 3. The quantitative estimate of drug-likeness (QED) is 0.530. The zero-order valence-corrected chi connectivity index (χ0v) is 18.8. The van der Waals surface area contributed by atoms with Crippen molar-refractivity contribution in [3.05, 3.63) is 76.9 Å². The molecule has 6 nitrogen and oxygen atoms in total. The molecule has 3 aromatic carbocycles. The van der Waals surface area contributed by atoms with Crippen LogP contribution in [0.5, 0.6) is 28.7 Å². The van der Waals surface area contributed by atoms with Gasteiger partial charge in [-0.1, -0.05) is 12.1 Å². The van der Waals surface area contributed by atoms with Crippen molar-refractivity contribution in [1.82, 2.24) is 0 Å². The molecule has 166 valence electrons. The van der Waals surface area contributed by atoms with Crippen LogP contribution in [0.3, 0.4) is 0 Å². The van der Waals surface area contributed by atoms with Crippen molar-refractivity contribution in [3.8, 4) is 28.7 Å². The van der Waals surface area contributed by atoms with Crippen LogP contribution in [-0.2, 0) is 0 Å². The summed E-state index contributed by atoms with van der Waals surface area (Å²) in [4.78, 5) is 13.8. The Kier molecular flexibility index (Phi) is 5.95. The molecule has 0 aromatic heterocycles. The number of carbonyl (C=O) groups excluding carboxylic acids is 1. The van der Waals surface area contributed by atoms with Crippen LogP contribution in [0.4, 0.5) is 0 Å². The van der Waals surface area contributed by atoms with Crippen LogP contribution < -0.4 is 23.7 Å². The first-order valence-electron chi connectivity index (χ1n) is 10.2. The largest absolute Gasteiger partial charge is 0.497 e. The summed E-state index contributed by atoms with van der Waals surface area (Å²) in [5.41, 5.74) is 3.21. The van der Waals surface area contributed by atoms with E-state index in [4.69, 9.17) is 23.7 Å². The van der Waals surface area contributed by atoms with Crippen molar-refractivity contribution in [3.63, 3.8) is 0 Å². The van der Waals surface area contributed by atoms with Crippen molar-refractivity contribution in [2.24, 2.45) is 0 Å². The summed E-state index contributed by atoms with van der Waals surface area (Å²) in [6.07, 6.45) is 0. The molecule has 0 spiro atoms. The molecule has 6 heteroatoms. The molecule has 2 atom stereocenters. The third-order valence-corrected chi connectivity index (χ3v) is 5.97. The van der Waals surface area contributed by atoms with E-state index in [1.165, 1.54) is 0 Å². The van der Waals surface area contributed by atoms with Crippen LogP contribution in [0.2, 0.25) is 0 Å². The fraction of sp³-hybridized carbons (Fsp3) is 0.269. The second-order valence-corrected chi connectivity index (χ2v) is 7.53. The maximum absolute atomic E-state index is 13.8. The van der Waals surface area contributed by atoms with Crippen LogP contribution in [0, 0.1) is 0 Å². The lowest BCUT2D eigenvalue weighted by Gasteiger charge is -2.23. The van der Waals surface area contributed by atoms with Gasteiger partial charge >= 0.3 is 0 Å². The van der Waals surface area contributed by atoms with E-state index in [0.29, 0.717) is 28.6 Å². The van der Waals surface area contributed by atoms with Crippen molar-refractivity contribution in [1.29, 1.82) is 0 Å². The first kappa shape index (κ1) is 21.6. The van der Waals surface area contributed by atoms with Crippen LogP contribution in [-0.4, -0.2) is 41.3 Å². The predicted octanol–water partition coefficient (Wildman–Crippen LogP) is 4.84. The Bertz CT molecular complexity index is 1110. The molecular formula is C26H26O6. The number of rotatable bonds is 7. The molecule has 1 aliphatic rings. The minimum absolute atomic E-state index is 0.00848. The van der Waals surface area contributed by atoms with Gasteiger partial charge in [-0.2, -0.15) is 0 Å². The molecule has 0 unspecified atom stereocenters. The molecule has 0 N–H and O–H groups in total. The lowest BCUT2D eigenvalue weighted by Crippen LogP contribution is -2.13. The van der Waals surface area contributed by atoms with E-state index in [1.54, 1.807) is 41.6 Å². The molecule has 0 saturated carbocycles. The third kappa shape index (κ3) is 3.62. The molecule has 0 radical (unpaired) electrons. The Hall–Kier alpha value is -3.67. The van der Waals surface area contributed by atoms with Crippen molar-refractivity contribution < 1.29 is 28.5 Å². The summed E-state index contributed by atoms with van der Waals surface area (Å²) in [5, 5.41) is 0. The van der Waals surface area contributed by atoms with Crippen LogP contribution in [0.15, 0.2) is 54.6 Å². The standard InChI is InChI=1S/C26H26O6/c1-28-17-8-6-15(7-9-17)24-23(16-10-18(29-2)12-19(11-16)30-3)25-21(26(24)27)13-20(31-4)14-22(25)32-5/h6-14,23-24H,1-5H3/t23-,24-/m0/s1. The van der Waals surface area contributed by atoms with Gasteiger partial charge in [0.05, 0.1) is 41.5 Å². The molecule has 0 amide bonds. The van der Waals surface area contributed by atoms with E-state index in [9.17, 15) is 4.79 Å². The average molecular weight is 434 g/mol. The molecule has 3 aromatic rings. The normalized spacial score (nSPS) is 17.0. The van der Waals surface area contributed by atoms with E-state index in [1.807, 2.05) is 48.5 Å². The van der Waals surface area contributed by atoms with Gasteiger partial charge in [-0.05, 0) is 41.5 Å². The minimum Gasteiger partial charge on any atom is -0.497 e. The topological polar surface area (TPSA) is 63.2 Å². The predicted molar refractivity (Wildman–Crippen MR) is 121 cm³/mol. The fourth-order valence-electron chi connectivity index (χ4n) is 4.42.